The highest BCUT2D eigenvalue weighted by molar-refractivity contribution is 6.21. The second kappa shape index (κ2) is 9.44. The van der Waals surface area contributed by atoms with Crippen LogP contribution in [0.5, 0.6) is 11.5 Å². The monoisotopic (exact) mass is 547 g/mol. The minimum absolute atomic E-state index is 0.501. The van der Waals surface area contributed by atoms with E-state index in [-0.39, 0.29) is 0 Å². The largest absolute Gasteiger partial charge is 0.456 e. The first-order valence-corrected chi connectivity index (χ1v) is 14.7. The molecule has 1 heterocycles. The van der Waals surface area contributed by atoms with Crippen LogP contribution in [0.1, 0.15) is 1.37 Å². The number of hydrogen-bond acceptors (Lipinski definition) is 1. The number of fused-ring (bicyclic) bond motifs is 4. The van der Waals surface area contributed by atoms with Crippen molar-refractivity contribution in [2.75, 3.05) is 0 Å². The zero-order valence-corrected chi connectivity index (χ0v) is 23.3. The van der Waals surface area contributed by atoms with E-state index < -0.39 is 0 Å². The number of benzene rings is 8. The van der Waals surface area contributed by atoms with Gasteiger partial charge in [0.25, 0.3) is 0 Å². The van der Waals surface area contributed by atoms with Gasteiger partial charge < -0.3 is 4.74 Å². The first-order chi connectivity index (χ1) is 21.7. The molecule has 0 amide bonds. The number of ether oxygens (including phenoxy) is 1. The van der Waals surface area contributed by atoms with Gasteiger partial charge in [0.2, 0.25) is 0 Å². The molecule has 0 fully saturated rings. The first kappa shape index (κ1) is 23.0. The van der Waals surface area contributed by atoms with Gasteiger partial charge in [-0.3, -0.25) is 0 Å². The standard InChI is InChI=1S/C42H26O/c1-2-11-27(12-3-1)29-15-8-16-30(25-29)40-32-17-4-6-19-34(32)41(35-20-7-5-18-33(35)40)31-23-24-38-37(26-31)36-21-9-13-28-14-10-22-39(43-38)42(28)36/h1-26H/i4D. The molecule has 0 N–H and O–H groups in total. The Morgan fingerprint density at radius 3 is 1.84 bits per heavy atom. The van der Waals surface area contributed by atoms with Crippen molar-refractivity contribution in [2.24, 2.45) is 0 Å². The number of hydrogen-bond donors (Lipinski definition) is 0. The molecule has 0 radical (unpaired) electrons. The Bertz CT molecular complexity index is 2420. The maximum Gasteiger partial charge on any atom is 0.135 e. The predicted octanol–water partition coefficient (Wildman–Crippen LogP) is 11.9. The van der Waals surface area contributed by atoms with Gasteiger partial charge in [-0.05, 0) is 90.1 Å². The second-order valence-corrected chi connectivity index (χ2v) is 11.2. The molecule has 1 nitrogen and oxygen atoms in total. The van der Waals surface area contributed by atoms with Crippen LogP contribution in [0.4, 0.5) is 0 Å². The van der Waals surface area contributed by atoms with Crippen molar-refractivity contribution in [3.05, 3.63) is 158 Å². The Morgan fingerprint density at radius 1 is 0.395 bits per heavy atom. The maximum absolute atomic E-state index is 8.64. The van der Waals surface area contributed by atoms with E-state index in [1.807, 2.05) is 18.2 Å². The molecular weight excluding hydrogens is 520 g/mol. The molecule has 8 aromatic rings. The van der Waals surface area contributed by atoms with E-state index in [1.54, 1.807) is 0 Å². The fraction of sp³-hybridized carbons (Fsp3) is 0. The lowest BCUT2D eigenvalue weighted by molar-refractivity contribution is 0.487. The van der Waals surface area contributed by atoms with Crippen LogP contribution in [-0.4, -0.2) is 0 Å². The molecule has 43 heavy (non-hydrogen) atoms. The summed E-state index contributed by atoms with van der Waals surface area (Å²) >= 11 is 0. The van der Waals surface area contributed by atoms with Crippen LogP contribution in [0.2, 0.25) is 0 Å². The lowest BCUT2D eigenvalue weighted by Gasteiger charge is -2.23. The van der Waals surface area contributed by atoms with Gasteiger partial charge in [0.1, 0.15) is 11.5 Å². The summed E-state index contributed by atoms with van der Waals surface area (Å²) in [5, 5.41) is 6.91. The van der Waals surface area contributed by atoms with E-state index in [2.05, 4.69) is 133 Å². The molecule has 200 valence electrons. The van der Waals surface area contributed by atoms with Crippen LogP contribution in [0.3, 0.4) is 0 Å². The normalized spacial score (nSPS) is 12.2. The summed E-state index contributed by atoms with van der Waals surface area (Å²) in [5.41, 5.74) is 9.26. The quantitative estimate of drug-likeness (QED) is 0.200. The SMILES string of the molecule is [2H]c1ccc2c(-c3ccc4c(c3)-c3cccc5cccc(c35)O4)c3ccccc3c(-c3cccc(-c4ccccc4)c3)c2c1. The Kier molecular flexibility index (Phi) is 5.04. The van der Waals surface area contributed by atoms with Gasteiger partial charge in [0, 0.05) is 10.9 Å². The molecule has 0 bridgehead atoms. The fourth-order valence-electron chi connectivity index (χ4n) is 6.89. The first-order valence-electron chi connectivity index (χ1n) is 15.2. The van der Waals surface area contributed by atoms with Gasteiger partial charge in [-0.1, -0.05) is 133 Å². The summed E-state index contributed by atoms with van der Waals surface area (Å²) in [6.45, 7) is 0. The summed E-state index contributed by atoms with van der Waals surface area (Å²) in [7, 11) is 0. The van der Waals surface area contributed by atoms with Crippen molar-refractivity contribution in [1.82, 2.24) is 0 Å². The topological polar surface area (TPSA) is 9.23 Å². The Hall–Kier alpha value is -5.66. The highest BCUT2D eigenvalue weighted by Crippen LogP contribution is 2.49. The third-order valence-electron chi connectivity index (χ3n) is 8.77. The molecule has 9 rings (SSSR count). The zero-order valence-electron chi connectivity index (χ0n) is 24.3. The number of rotatable bonds is 3. The molecule has 0 saturated heterocycles. The molecule has 0 spiro atoms. The Morgan fingerprint density at radius 2 is 1.02 bits per heavy atom. The summed E-state index contributed by atoms with van der Waals surface area (Å²) in [5.74, 6) is 1.77. The van der Waals surface area contributed by atoms with E-state index >= 15 is 0 Å². The molecule has 1 aliphatic heterocycles. The van der Waals surface area contributed by atoms with Gasteiger partial charge in [-0.2, -0.15) is 0 Å². The van der Waals surface area contributed by atoms with Crippen molar-refractivity contribution >= 4 is 32.3 Å². The van der Waals surface area contributed by atoms with E-state index in [0.29, 0.717) is 6.04 Å². The summed E-state index contributed by atoms with van der Waals surface area (Å²) in [6, 6.07) is 53.8. The lowest BCUT2D eigenvalue weighted by Crippen LogP contribution is -1.98. The minimum Gasteiger partial charge on any atom is -0.456 e. The highest BCUT2D eigenvalue weighted by atomic mass is 16.5. The smallest absolute Gasteiger partial charge is 0.135 e. The summed E-state index contributed by atoms with van der Waals surface area (Å²) < 4.78 is 15.1. The lowest BCUT2D eigenvalue weighted by atomic mass is 9.84. The van der Waals surface area contributed by atoms with Crippen molar-refractivity contribution in [2.45, 2.75) is 0 Å². The van der Waals surface area contributed by atoms with Crippen molar-refractivity contribution in [3.63, 3.8) is 0 Å². The fourth-order valence-corrected chi connectivity index (χ4v) is 6.89. The average molecular weight is 548 g/mol. The summed E-state index contributed by atoms with van der Waals surface area (Å²) in [6.07, 6.45) is 0. The maximum atomic E-state index is 8.64. The molecule has 0 atom stereocenters. The molecule has 0 unspecified atom stereocenters. The van der Waals surface area contributed by atoms with Crippen molar-refractivity contribution < 1.29 is 6.11 Å². The van der Waals surface area contributed by atoms with Crippen LogP contribution >= 0.6 is 0 Å². The Labute approximate surface area is 251 Å². The molecule has 8 aromatic carbocycles. The average Bonchev–Trinajstić information content (AvgIpc) is 3.08. The van der Waals surface area contributed by atoms with Crippen molar-refractivity contribution in [1.29, 1.82) is 0 Å². The van der Waals surface area contributed by atoms with Gasteiger partial charge in [0.15, 0.2) is 0 Å². The van der Waals surface area contributed by atoms with Crippen molar-refractivity contribution in [3.8, 4) is 56.0 Å². The van der Waals surface area contributed by atoms with Gasteiger partial charge >= 0.3 is 0 Å². The van der Waals surface area contributed by atoms with E-state index in [9.17, 15) is 0 Å². The predicted molar refractivity (Wildman–Crippen MR) is 181 cm³/mol. The van der Waals surface area contributed by atoms with Gasteiger partial charge in [-0.15, -0.1) is 0 Å². The molecule has 0 saturated carbocycles. The third kappa shape index (κ3) is 3.72. The summed E-state index contributed by atoms with van der Waals surface area (Å²) in [4.78, 5) is 0. The molecule has 0 aromatic heterocycles. The van der Waals surface area contributed by atoms with Crippen LogP contribution in [0.15, 0.2) is 158 Å². The minimum atomic E-state index is 0.501. The van der Waals surface area contributed by atoms with Crippen LogP contribution in [-0.2, 0) is 0 Å². The van der Waals surface area contributed by atoms with E-state index in [4.69, 9.17) is 6.11 Å². The molecular formula is C42H26O. The van der Waals surface area contributed by atoms with E-state index in [0.717, 1.165) is 49.9 Å². The van der Waals surface area contributed by atoms with Crippen LogP contribution in [0.25, 0.3) is 76.8 Å². The van der Waals surface area contributed by atoms with Gasteiger partial charge in [-0.25, -0.2) is 0 Å². The van der Waals surface area contributed by atoms with E-state index in [1.165, 1.54) is 38.4 Å². The van der Waals surface area contributed by atoms with Crippen LogP contribution < -0.4 is 4.74 Å². The van der Waals surface area contributed by atoms with Crippen LogP contribution in [0, 0.1) is 0 Å². The Balaban J connectivity index is 1.33. The highest BCUT2D eigenvalue weighted by Gasteiger charge is 2.22. The van der Waals surface area contributed by atoms with Gasteiger partial charge in [0.05, 0.1) is 1.37 Å². The third-order valence-corrected chi connectivity index (χ3v) is 8.77. The molecule has 1 aliphatic rings. The molecule has 1 heteroatoms. The zero-order chi connectivity index (χ0) is 29.2. The molecule has 0 aliphatic carbocycles. The second-order valence-electron chi connectivity index (χ2n) is 11.2.